The van der Waals surface area contributed by atoms with Crippen molar-refractivity contribution < 1.29 is 46.8 Å². The molecule has 0 amide bonds. The summed E-state index contributed by atoms with van der Waals surface area (Å²) in [4.78, 5) is 30.5. The molecule has 2 aromatic heterocycles. The molecule has 1 atom stereocenters. The summed E-state index contributed by atoms with van der Waals surface area (Å²) < 4.78 is 58.1. The summed E-state index contributed by atoms with van der Waals surface area (Å²) in [7, 11) is 0. The van der Waals surface area contributed by atoms with Gasteiger partial charge in [-0.25, -0.2) is 19.0 Å². The predicted octanol–water partition coefficient (Wildman–Crippen LogP) is 3.33. The Morgan fingerprint density at radius 1 is 1.25 bits per heavy atom. The van der Waals surface area contributed by atoms with E-state index in [0.717, 1.165) is 12.8 Å². The summed E-state index contributed by atoms with van der Waals surface area (Å²) in [6.07, 6.45) is -4.35. The average molecular weight is 570 g/mol. The molecule has 1 aliphatic heterocycles. The molecule has 4 aromatic rings. The lowest BCUT2D eigenvalue weighted by Crippen LogP contribution is -2.42. The number of likely N-dealkylation sites (tertiary alicyclic amines) is 1. The second-order valence-corrected chi connectivity index (χ2v) is 9.28. The van der Waals surface area contributed by atoms with E-state index in [2.05, 4.69) is 14.9 Å². The Bertz CT molecular complexity index is 1550. The van der Waals surface area contributed by atoms with E-state index < -0.39 is 18.2 Å². The number of benzene rings is 2. The number of H-pyrrole nitrogens is 1. The molecule has 11 nitrogen and oxygen atoms in total. The number of aliphatic hydroxyl groups is 1. The zero-order valence-corrected chi connectivity index (χ0v) is 21.1. The fraction of sp³-hybridized carbons (Fsp3) is 0.400. The van der Waals surface area contributed by atoms with Crippen LogP contribution in [-0.2, 0) is 4.79 Å². The molecule has 15 heteroatoms. The maximum atomic E-state index is 13.5. The number of carboxylic acid groups (broad SMARTS) is 1. The molecule has 0 bridgehead atoms. The number of rotatable bonds is 6. The number of oxazole rings is 1. The number of carboxylic acids is 1. The van der Waals surface area contributed by atoms with Crippen molar-refractivity contribution in [2.45, 2.75) is 38.1 Å². The number of aromatic amines is 1. The van der Waals surface area contributed by atoms with E-state index in [1.54, 1.807) is 17.6 Å². The summed E-state index contributed by atoms with van der Waals surface area (Å²) in [6, 6.07) is 7.26. The Labute approximate surface area is 223 Å². The summed E-state index contributed by atoms with van der Waals surface area (Å²) >= 11 is 0. The van der Waals surface area contributed by atoms with Crippen molar-refractivity contribution in [1.29, 1.82) is 0 Å². The molecular formula is C25H26F4N4O7. The van der Waals surface area contributed by atoms with Gasteiger partial charge in [0.15, 0.2) is 22.7 Å². The third-order valence-electron chi connectivity index (χ3n) is 6.30. The van der Waals surface area contributed by atoms with E-state index in [0.29, 0.717) is 53.4 Å². The van der Waals surface area contributed by atoms with Crippen molar-refractivity contribution in [2.75, 3.05) is 26.2 Å². The number of β-amino-alcohol motifs (C(OH)–C–C–N with tert-alkyl or cyclic N) is 1. The summed E-state index contributed by atoms with van der Waals surface area (Å²) in [5.74, 6) is -2.32. The second kappa shape index (κ2) is 11.6. The molecule has 5 rings (SSSR count). The Hall–Kier alpha value is -4.11. The number of aromatic hydroxyl groups is 1. The number of phenolic OH excluding ortho intramolecular Hbond substituents is 1. The molecule has 4 N–H and O–H groups in total. The van der Waals surface area contributed by atoms with Gasteiger partial charge in [0.25, 0.3) is 0 Å². The highest BCUT2D eigenvalue weighted by Gasteiger charge is 2.38. The Kier molecular flexibility index (Phi) is 8.34. The lowest BCUT2D eigenvalue weighted by atomic mass is 10.0. The van der Waals surface area contributed by atoms with Crippen LogP contribution in [0.1, 0.15) is 24.8 Å². The first-order valence-corrected chi connectivity index (χ1v) is 12.1. The third kappa shape index (κ3) is 6.71. The smallest absolute Gasteiger partial charge is 0.490 e. The highest BCUT2D eigenvalue weighted by Crippen LogP contribution is 2.31. The third-order valence-corrected chi connectivity index (χ3v) is 6.30. The first kappa shape index (κ1) is 28.9. The van der Waals surface area contributed by atoms with Gasteiger partial charge in [-0.1, -0.05) is 0 Å². The lowest BCUT2D eigenvalue weighted by Gasteiger charge is -2.33. The SMILES string of the molecule is Cc1nc2c(OC[C@H](O)CN3CCC(n4c(=O)[nH]c5cc(F)ccc54)CC3)cc(O)cc2o1.O=C(O)C(F)(F)F. The predicted molar refractivity (Wildman–Crippen MR) is 133 cm³/mol. The van der Waals surface area contributed by atoms with Crippen molar-refractivity contribution >= 4 is 28.1 Å². The largest absolute Gasteiger partial charge is 0.508 e. The standard InChI is InChI=1S/C23H25FN4O5.C2HF3O2/c1-13-25-22-20(9-16(29)10-21(22)33-13)32-12-17(30)11-27-6-4-15(5-7-27)28-19-3-2-14(24)8-18(19)26-23(28)31;3-2(4,5)1(6)7/h2-3,8-10,15,17,29-30H,4-7,11-12H2,1H3,(H,26,31);(H,6,7)/t17-;/m1./s1. The number of alkyl halides is 3. The number of aliphatic hydroxyl groups excluding tert-OH is 1. The van der Waals surface area contributed by atoms with Crippen LogP contribution in [0.5, 0.6) is 11.5 Å². The normalized spacial score (nSPS) is 15.7. The van der Waals surface area contributed by atoms with Gasteiger partial charge in [0.2, 0.25) is 0 Å². The molecular weight excluding hydrogens is 544 g/mol. The van der Waals surface area contributed by atoms with Crippen molar-refractivity contribution in [3.05, 3.63) is 52.5 Å². The minimum absolute atomic E-state index is 0.000439. The molecule has 216 valence electrons. The van der Waals surface area contributed by atoms with Gasteiger partial charge >= 0.3 is 17.8 Å². The van der Waals surface area contributed by atoms with Crippen molar-refractivity contribution in [2.24, 2.45) is 0 Å². The number of hydrogen-bond donors (Lipinski definition) is 4. The van der Waals surface area contributed by atoms with E-state index in [9.17, 15) is 32.6 Å². The van der Waals surface area contributed by atoms with Gasteiger partial charge in [-0.05, 0) is 31.0 Å². The monoisotopic (exact) mass is 570 g/mol. The summed E-state index contributed by atoms with van der Waals surface area (Å²) in [6.45, 7) is 3.59. The minimum atomic E-state index is -5.08. The average Bonchev–Trinajstić information content (AvgIpc) is 3.40. The highest BCUT2D eigenvalue weighted by molar-refractivity contribution is 5.81. The van der Waals surface area contributed by atoms with E-state index in [4.69, 9.17) is 19.1 Å². The second-order valence-electron chi connectivity index (χ2n) is 9.28. The number of nitrogens with zero attached hydrogens (tertiary/aromatic N) is 3. The number of halogens is 4. The van der Waals surface area contributed by atoms with Gasteiger partial charge in [-0.2, -0.15) is 13.2 Å². The van der Waals surface area contributed by atoms with Crippen LogP contribution in [-0.4, -0.2) is 79.2 Å². The molecule has 0 spiro atoms. The number of piperidine rings is 1. The van der Waals surface area contributed by atoms with Crippen LogP contribution in [0.4, 0.5) is 17.6 Å². The molecule has 40 heavy (non-hydrogen) atoms. The van der Waals surface area contributed by atoms with E-state index in [1.165, 1.54) is 24.3 Å². The lowest BCUT2D eigenvalue weighted by molar-refractivity contribution is -0.192. The molecule has 1 saturated heterocycles. The van der Waals surface area contributed by atoms with Crippen LogP contribution >= 0.6 is 0 Å². The van der Waals surface area contributed by atoms with Crippen LogP contribution in [0.2, 0.25) is 0 Å². The molecule has 2 aromatic carbocycles. The van der Waals surface area contributed by atoms with Gasteiger partial charge in [0, 0.05) is 44.7 Å². The number of aryl methyl sites for hydroxylation is 1. The Balaban J connectivity index is 0.000000470. The van der Waals surface area contributed by atoms with Gasteiger partial charge < -0.3 is 34.4 Å². The van der Waals surface area contributed by atoms with Gasteiger partial charge in [0.05, 0.1) is 11.0 Å². The first-order valence-electron chi connectivity index (χ1n) is 12.1. The number of imidazole rings is 1. The van der Waals surface area contributed by atoms with Crippen molar-refractivity contribution in [1.82, 2.24) is 19.4 Å². The number of fused-ring (bicyclic) bond motifs is 2. The molecule has 0 radical (unpaired) electrons. The van der Waals surface area contributed by atoms with Crippen LogP contribution < -0.4 is 10.4 Å². The number of aliphatic carboxylic acids is 1. The number of carbonyl (C=O) groups is 1. The maximum absolute atomic E-state index is 13.5. The van der Waals surface area contributed by atoms with Gasteiger partial charge in [-0.15, -0.1) is 0 Å². The number of phenols is 1. The van der Waals surface area contributed by atoms with E-state index >= 15 is 0 Å². The van der Waals surface area contributed by atoms with Gasteiger partial charge in [0.1, 0.15) is 24.3 Å². The van der Waals surface area contributed by atoms with E-state index in [-0.39, 0.29) is 29.9 Å². The Morgan fingerprint density at radius 3 is 2.58 bits per heavy atom. The Morgan fingerprint density at radius 2 is 1.93 bits per heavy atom. The molecule has 1 aliphatic rings. The number of ether oxygens (including phenoxy) is 1. The van der Waals surface area contributed by atoms with Crippen LogP contribution in [0, 0.1) is 12.7 Å². The molecule has 1 fully saturated rings. The maximum Gasteiger partial charge on any atom is 0.490 e. The fourth-order valence-electron chi connectivity index (χ4n) is 4.57. The quantitative estimate of drug-likeness (QED) is 0.256. The summed E-state index contributed by atoms with van der Waals surface area (Å²) in [5, 5.41) is 27.5. The number of hydrogen-bond acceptors (Lipinski definition) is 8. The van der Waals surface area contributed by atoms with Crippen LogP contribution in [0.3, 0.4) is 0 Å². The summed E-state index contributed by atoms with van der Waals surface area (Å²) in [5.41, 5.74) is 1.90. The fourth-order valence-corrected chi connectivity index (χ4v) is 4.57. The highest BCUT2D eigenvalue weighted by atomic mass is 19.4. The zero-order chi connectivity index (χ0) is 29.2. The van der Waals surface area contributed by atoms with Crippen LogP contribution in [0.25, 0.3) is 22.1 Å². The first-order chi connectivity index (χ1) is 18.8. The topological polar surface area (TPSA) is 154 Å². The van der Waals surface area contributed by atoms with Crippen molar-refractivity contribution in [3.63, 3.8) is 0 Å². The molecule has 3 heterocycles. The molecule has 0 unspecified atom stereocenters. The molecule has 0 saturated carbocycles. The number of nitrogens with one attached hydrogen (secondary N) is 1. The van der Waals surface area contributed by atoms with Crippen LogP contribution in [0.15, 0.2) is 39.5 Å². The van der Waals surface area contributed by atoms with Gasteiger partial charge in [-0.3, -0.25) is 4.57 Å². The minimum Gasteiger partial charge on any atom is -0.508 e. The van der Waals surface area contributed by atoms with E-state index in [1.807, 2.05) is 0 Å². The zero-order valence-electron chi connectivity index (χ0n) is 21.1. The van der Waals surface area contributed by atoms with Crippen molar-refractivity contribution in [3.8, 4) is 11.5 Å². The number of aromatic nitrogens is 3. The molecule has 0 aliphatic carbocycles.